The Kier molecular flexibility index (Phi) is 4.19. The first-order valence-electron chi connectivity index (χ1n) is 3.72. The Morgan fingerprint density at radius 2 is 2.06 bits per heavy atom. The summed E-state index contributed by atoms with van der Waals surface area (Å²) in [5.41, 5.74) is -1.80. The van der Waals surface area contributed by atoms with Gasteiger partial charge in [-0.05, 0) is 28.7 Å². The molecule has 0 spiro atoms. The van der Waals surface area contributed by atoms with Crippen molar-refractivity contribution in [3.8, 4) is 0 Å². The third-order valence-electron chi connectivity index (χ3n) is 1.57. The van der Waals surface area contributed by atoms with Crippen molar-refractivity contribution in [2.75, 3.05) is 0 Å². The number of alkyl halides is 2. The normalized spacial score (nSPS) is 11.8. The van der Waals surface area contributed by atoms with Gasteiger partial charge in [0.2, 0.25) is 0 Å². The Hall–Kier alpha value is -0.620. The number of halogens is 4. The van der Waals surface area contributed by atoms with E-state index in [1.807, 2.05) is 0 Å². The van der Waals surface area contributed by atoms with E-state index in [0.29, 0.717) is 0 Å². The zero-order valence-corrected chi connectivity index (χ0v) is 11.3. The topological polar surface area (TPSA) is 90.2 Å². The maximum absolute atomic E-state index is 12.4. The second kappa shape index (κ2) is 4.94. The zero-order chi connectivity index (χ0) is 13.4. The number of nitrogens with zero attached hydrogens (tertiary/aromatic N) is 2. The third kappa shape index (κ3) is 3.19. The van der Waals surface area contributed by atoms with Crippen molar-refractivity contribution < 1.29 is 22.1 Å². The molecule has 94 valence electrons. The van der Waals surface area contributed by atoms with E-state index in [0.717, 1.165) is 6.07 Å². The van der Waals surface area contributed by atoms with E-state index in [-0.39, 0.29) is 3.57 Å². The van der Waals surface area contributed by atoms with Gasteiger partial charge in [-0.1, -0.05) is 0 Å². The molecular weight excluding hydrogens is 396 g/mol. The Bertz CT molecular complexity index is 580. The lowest BCUT2D eigenvalue weighted by molar-refractivity contribution is -0.389. The zero-order valence-electron chi connectivity index (χ0n) is 7.60. The van der Waals surface area contributed by atoms with Gasteiger partial charge in [-0.2, -0.15) is 0 Å². The molecule has 0 N–H and O–H groups in total. The highest BCUT2D eigenvalue weighted by Gasteiger charge is 2.31. The summed E-state index contributed by atoms with van der Waals surface area (Å²) in [6.07, 6.45) is -3.05. The lowest BCUT2D eigenvalue weighted by Gasteiger charge is -2.04. The average Bonchev–Trinajstić information content (AvgIpc) is 2.14. The number of hydrogen-bond donors (Lipinski definition) is 0. The molecule has 0 aromatic carbocycles. The summed E-state index contributed by atoms with van der Waals surface area (Å²) in [7, 11) is 0.338. The van der Waals surface area contributed by atoms with Crippen molar-refractivity contribution in [1.29, 1.82) is 0 Å². The average molecular weight is 399 g/mol. The summed E-state index contributed by atoms with van der Waals surface area (Å²) in [4.78, 5) is 12.6. The molecule has 0 aliphatic rings. The molecule has 0 bridgehead atoms. The molecule has 0 aliphatic heterocycles. The number of nitro groups is 1. The quantitative estimate of drug-likeness (QED) is 0.338. The van der Waals surface area contributed by atoms with Gasteiger partial charge >= 0.3 is 5.69 Å². The highest BCUT2D eigenvalue weighted by molar-refractivity contribution is 14.1. The Labute approximate surface area is 112 Å². The van der Waals surface area contributed by atoms with Crippen molar-refractivity contribution in [2.45, 2.75) is 11.5 Å². The molecule has 1 rings (SSSR count). The first kappa shape index (κ1) is 14.4. The summed E-state index contributed by atoms with van der Waals surface area (Å²) in [5, 5.41) is 9.45. The van der Waals surface area contributed by atoms with Crippen LogP contribution < -0.4 is 0 Å². The van der Waals surface area contributed by atoms with E-state index in [9.17, 15) is 27.3 Å². The van der Waals surface area contributed by atoms with E-state index >= 15 is 0 Å². The van der Waals surface area contributed by atoms with Crippen LogP contribution in [0, 0.1) is 13.7 Å². The summed E-state index contributed by atoms with van der Waals surface area (Å²) >= 11 is 1.36. The Morgan fingerprint density at radius 3 is 2.41 bits per heavy atom. The number of aromatic nitrogens is 1. The fourth-order valence-corrected chi connectivity index (χ4v) is 2.86. The highest BCUT2D eigenvalue weighted by Crippen LogP contribution is 2.32. The Balaban J connectivity index is 3.69. The van der Waals surface area contributed by atoms with E-state index in [4.69, 9.17) is 10.7 Å². The van der Waals surface area contributed by atoms with E-state index in [1.165, 1.54) is 22.6 Å². The minimum absolute atomic E-state index is 0.280. The van der Waals surface area contributed by atoms with Gasteiger partial charge in [0.25, 0.3) is 20.5 Å². The van der Waals surface area contributed by atoms with Gasteiger partial charge in [-0.15, -0.1) is 0 Å². The van der Waals surface area contributed by atoms with Gasteiger partial charge in [0.05, 0.1) is 8.49 Å². The highest BCUT2D eigenvalue weighted by atomic mass is 127. The molecule has 1 aromatic heterocycles. The summed E-state index contributed by atoms with van der Waals surface area (Å²) < 4.78 is 46.5. The van der Waals surface area contributed by atoms with E-state index in [2.05, 4.69) is 4.98 Å². The first-order valence-corrected chi connectivity index (χ1v) is 7.11. The standard InChI is InChI=1S/C6H2ClF2IN2O4S/c7-17(15,16)6-4(12(13)14)2(10)1-3(11-6)5(8)9/h1,5H. The van der Waals surface area contributed by atoms with Crippen LogP contribution in [0.1, 0.15) is 12.1 Å². The lowest BCUT2D eigenvalue weighted by Crippen LogP contribution is -2.07. The maximum atomic E-state index is 12.4. The van der Waals surface area contributed by atoms with Crippen molar-refractivity contribution in [3.63, 3.8) is 0 Å². The number of hydrogen-bond acceptors (Lipinski definition) is 5. The molecule has 0 radical (unpaired) electrons. The van der Waals surface area contributed by atoms with Crippen molar-refractivity contribution >= 4 is 48.0 Å². The van der Waals surface area contributed by atoms with Crippen LogP contribution in [-0.4, -0.2) is 18.3 Å². The number of rotatable bonds is 3. The van der Waals surface area contributed by atoms with Crippen LogP contribution in [0.25, 0.3) is 0 Å². The first-order chi connectivity index (χ1) is 7.64. The maximum Gasteiger partial charge on any atom is 0.321 e. The van der Waals surface area contributed by atoms with Crippen LogP contribution in [0.3, 0.4) is 0 Å². The van der Waals surface area contributed by atoms with Gasteiger partial charge < -0.3 is 0 Å². The molecule has 1 aromatic rings. The lowest BCUT2D eigenvalue weighted by atomic mass is 10.3. The minimum atomic E-state index is -4.58. The summed E-state index contributed by atoms with van der Waals surface area (Å²) in [5.74, 6) is 0. The third-order valence-corrected chi connectivity index (χ3v) is 3.58. The van der Waals surface area contributed by atoms with Gasteiger partial charge in [0.1, 0.15) is 5.69 Å². The second-order valence-electron chi connectivity index (χ2n) is 2.68. The summed E-state index contributed by atoms with van der Waals surface area (Å²) in [6, 6.07) is 0.731. The predicted molar refractivity (Wildman–Crippen MR) is 61.6 cm³/mol. The molecule has 0 unspecified atom stereocenters. The molecule has 17 heavy (non-hydrogen) atoms. The minimum Gasteiger partial charge on any atom is -0.258 e. The SMILES string of the molecule is O=[N+]([O-])c1c(I)cc(C(F)F)nc1S(=O)(=O)Cl. The molecule has 11 heteroatoms. The Morgan fingerprint density at radius 1 is 1.53 bits per heavy atom. The predicted octanol–water partition coefficient (Wildman–Crippen LogP) is 2.46. The van der Waals surface area contributed by atoms with E-state index in [1.54, 1.807) is 0 Å². The fraction of sp³-hybridized carbons (Fsp3) is 0.167. The molecule has 0 atom stereocenters. The van der Waals surface area contributed by atoms with Gasteiger partial charge in [0.15, 0.2) is 0 Å². The number of pyridine rings is 1. The molecule has 0 fully saturated rings. The monoisotopic (exact) mass is 398 g/mol. The molecule has 0 aliphatic carbocycles. The van der Waals surface area contributed by atoms with Crippen molar-refractivity contribution in [1.82, 2.24) is 4.98 Å². The van der Waals surface area contributed by atoms with Crippen molar-refractivity contribution in [3.05, 3.63) is 25.4 Å². The second-order valence-corrected chi connectivity index (χ2v) is 6.32. The van der Waals surface area contributed by atoms with Crippen LogP contribution in [0.15, 0.2) is 11.1 Å². The molecule has 0 saturated heterocycles. The van der Waals surface area contributed by atoms with Crippen molar-refractivity contribution in [2.24, 2.45) is 0 Å². The van der Waals surface area contributed by atoms with Gasteiger partial charge in [-0.3, -0.25) is 10.1 Å². The fourth-order valence-electron chi connectivity index (χ4n) is 0.950. The summed E-state index contributed by atoms with van der Waals surface area (Å²) in [6.45, 7) is 0. The van der Waals surface area contributed by atoms with Gasteiger partial charge in [0, 0.05) is 10.7 Å². The molecule has 1 heterocycles. The van der Waals surface area contributed by atoms with Crippen LogP contribution in [-0.2, 0) is 9.05 Å². The largest absolute Gasteiger partial charge is 0.321 e. The smallest absolute Gasteiger partial charge is 0.258 e. The van der Waals surface area contributed by atoms with Gasteiger partial charge in [-0.25, -0.2) is 22.2 Å². The van der Waals surface area contributed by atoms with Crippen LogP contribution in [0.4, 0.5) is 14.5 Å². The molecule has 6 nitrogen and oxygen atoms in total. The molecule has 0 amide bonds. The molecule has 0 saturated carbocycles. The van der Waals surface area contributed by atoms with Crippen LogP contribution in [0.5, 0.6) is 0 Å². The van der Waals surface area contributed by atoms with Crippen LogP contribution in [0.2, 0.25) is 0 Å². The van der Waals surface area contributed by atoms with Crippen LogP contribution >= 0.6 is 33.3 Å². The molecular formula is C6H2ClF2IN2O4S. The van der Waals surface area contributed by atoms with E-state index < -0.39 is 36.8 Å².